The van der Waals surface area contributed by atoms with Gasteiger partial charge in [-0.05, 0) is 25.0 Å². The molecule has 19 heavy (non-hydrogen) atoms. The summed E-state index contributed by atoms with van der Waals surface area (Å²) in [5.74, 6) is -0.743. The number of hydrogen-bond acceptors (Lipinski definition) is 4. The average Bonchev–Trinajstić information content (AvgIpc) is 2.91. The Balaban J connectivity index is 1.94. The lowest BCUT2D eigenvalue weighted by molar-refractivity contribution is -0.131. The average molecular weight is 261 g/mol. The third-order valence-corrected chi connectivity index (χ3v) is 2.82. The number of rotatable bonds is 4. The molecule has 1 aromatic heterocycles. The molecule has 0 radical (unpaired) electrons. The maximum atomic E-state index is 11.4. The van der Waals surface area contributed by atoms with Crippen molar-refractivity contribution in [1.82, 2.24) is 4.98 Å². The van der Waals surface area contributed by atoms with Crippen molar-refractivity contribution in [2.24, 2.45) is 0 Å². The number of nitrogens with one attached hydrogen (secondary N) is 1. The third kappa shape index (κ3) is 3.80. The highest BCUT2D eigenvalue weighted by atomic mass is 16.4. The minimum atomic E-state index is -1.15. The van der Waals surface area contributed by atoms with E-state index in [0.29, 0.717) is 5.69 Å². The predicted octanol–water partition coefficient (Wildman–Crippen LogP) is 1.26. The van der Waals surface area contributed by atoms with Crippen LogP contribution in [0.4, 0.5) is 11.5 Å². The molecule has 1 saturated heterocycles. The van der Waals surface area contributed by atoms with Gasteiger partial charge >= 0.3 is 5.97 Å². The Labute approximate surface area is 110 Å². The molecular formula is C13H15N3O3. The molecule has 6 heteroatoms. The fraction of sp³-hybridized carbons (Fsp3) is 0.308. The van der Waals surface area contributed by atoms with Crippen LogP contribution in [0.3, 0.4) is 0 Å². The van der Waals surface area contributed by atoms with E-state index >= 15 is 0 Å². The van der Waals surface area contributed by atoms with E-state index in [-0.39, 0.29) is 0 Å². The minimum Gasteiger partial charge on any atom is -0.478 e. The van der Waals surface area contributed by atoms with Crippen LogP contribution in [0, 0.1) is 0 Å². The lowest BCUT2D eigenvalue weighted by atomic mass is 10.3. The highest BCUT2D eigenvalue weighted by Crippen LogP contribution is 2.18. The summed E-state index contributed by atoms with van der Waals surface area (Å²) >= 11 is 0. The zero-order valence-corrected chi connectivity index (χ0v) is 10.4. The summed E-state index contributed by atoms with van der Waals surface area (Å²) in [4.78, 5) is 28.1. The van der Waals surface area contributed by atoms with Gasteiger partial charge in [0.1, 0.15) is 5.82 Å². The smallest absolute Gasteiger partial charge is 0.328 e. The van der Waals surface area contributed by atoms with E-state index < -0.39 is 11.9 Å². The van der Waals surface area contributed by atoms with Gasteiger partial charge in [0.15, 0.2) is 0 Å². The number of hydrogen-bond donors (Lipinski definition) is 2. The summed E-state index contributed by atoms with van der Waals surface area (Å²) in [5, 5.41) is 10.9. The normalized spacial score (nSPS) is 14.8. The van der Waals surface area contributed by atoms with Crippen molar-refractivity contribution in [3.8, 4) is 0 Å². The number of carbonyl (C=O) groups excluding carboxylic acids is 1. The first-order chi connectivity index (χ1) is 9.15. The Kier molecular flexibility index (Phi) is 4.12. The lowest BCUT2D eigenvalue weighted by Gasteiger charge is -2.16. The van der Waals surface area contributed by atoms with E-state index in [0.717, 1.165) is 31.1 Å². The number of pyridine rings is 1. The number of anilines is 2. The minimum absolute atomic E-state index is 0.488. The van der Waals surface area contributed by atoms with Crippen LogP contribution in [0.25, 0.3) is 0 Å². The van der Waals surface area contributed by atoms with Crippen molar-refractivity contribution >= 4 is 23.4 Å². The topological polar surface area (TPSA) is 82.5 Å². The molecule has 0 spiro atoms. The predicted molar refractivity (Wildman–Crippen MR) is 71.1 cm³/mol. The summed E-state index contributed by atoms with van der Waals surface area (Å²) in [6, 6.07) is 3.61. The Morgan fingerprint density at radius 1 is 1.26 bits per heavy atom. The fourth-order valence-corrected chi connectivity index (χ4v) is 1.92. The third-order valence-electron chi connectivity index (χ3n) is 2.82. The van der Waals surface area contributed by atoms with Gasteiger partial charge in [-0.2, -0.15) is 0 Å². The molecule has 0 bridgehead atoms. The van der Waals surface area contributed by atoms with Crippen LogP contribution in [0.1, 0.15) is 12.8 Å². The monoisotopic (exact) mass is 261 g/mol. The maximum absolute atomic E-state index is 11.4. The van der Waals surface area contributed by atoms with Crippen molar-refractivity contribution in [2.45, 2.75) is 12.8 Å². The molecule has 100 valence electrons. The maximum Gasteiger partial charge on any atom is 0.328 e. The zero-order valence-electron chi connectivity index (χ0n) is 10.4. The molecule has 1 aliphatic rings. The second kappa shape index (κ2) is 5.99. The van der Waals surface area contributed by atoms with E-state index in [2.05, 4.69) is 15.2 Å². The van der Waals surface area contributed by atoms with Gasteiger partial charge in [-0.3, -0.25) is 4.79 Å². The van der Waals surface area contributed by atoms with Gasteiger partial charge in [0.05, 0.1) is 11.9 Å². The summed E-state index contributed by atoms with van der Waals surface area (Å²) in [6.07, 6.45) is 5.69. The number of aromatic nitrogens is 1. The number of carboxylic acid groups (broad SMARTS) is 1. The van der Waals surface area contributed by atoms with Crippen molar-refractivity contribution in [2.75, 3.05) is 23.3 Å². The van der Waals surface area contributed by atoms with Crippen LogP contribution in [-0.2, 0) is 9.59 Å². The Bertz CT molecular complexity index is 490. The van der Waals surface area contributed by atoms with Crippen LogP contribution >= 0.6 is 0 Å². The molecule has 0 saturated carbocycles. The molecule has 0 atom stereocenters. The first kappa shape index (κ1) is 13.1. The first-order valence-corrected chi connectivity index (χ1v) is 6.08. The largest absolute Gasteiger partial charge is 0.478 e. The second-order valence-electron chi connectivity index (χ2n) is 4.26. The molecule has 2 heterocycles. The SMILES string of the molecule is O=C(O)/C=C/C(=O)Nc1ccc(N2CCCC2)nc1. The lowest BCUT2D eigenvalue weighted by Crippen LogP contribution is -2.19. The van der Waals surface area contributed by atoms with Crippen LogP contribution < -0.4 is 10.2 Å². The van der Waals surface area contributed by atoms with Gasteiger partial charge in [-0.25, -0.2) is 9.78 Å². The van der Waals surface area contributed by atoms with Crippen molar-refractivity contribution in [1.29, 1.82) is 0 Å². The van der Waals surface area contributed by atoms with Gasteiger partial charge in [0.25, 0.3) is 0 Å². The Hall–Kier alpha value is -2.37. The molecule has 1 amide bonds. The van der Waals surface area contributed by atoms with Crippen LogP contribution in [0.5, 0.6) is 0 Å². The molecule has 0 unspecified atom stereocenters. The molecule has 0 aliphatic carbocycles. The van der Waals surface area contributed by atoms with Crippen molar-refractivity contribution < 1.29 is 14.7 Å². The number of nitrogens with zero attached hydrogens (tertiary/aromatic N) is 2. The van der Waals surface area contributed by atoms with Crippen molar-refractivity contribution in [3.63, 3.8) is 0 Å². The van der Waals surface area contributed by atoms with Crippen LogP contribution in [0.15, 0.2) is 30.5 Å². The van der Waals surface area contributed by atoms with Gasteiger partial charge in [-0.15, -0.1) is 0 Å². The number of amides is 1. The molecule has 1 aliphatic heterocycles. The van der Waals surface area contributed by atoms with Gasteiger partial charge < -0.3 is 15.3 Å². The fourth-order valence-electron chi connectivity index (χ4n) is 1.92. The molecule has 2 N–H and O–H groups in total. The molecule has 2 rings (SSSR count). The second-order valence-corrected chi connectivity index (χ2v) is 4.26. The highest BCUT2D eigenvalue weighted by Gasteiger charge is 2.13. The van der Waals surface area contributed by atoms with Crippen molar-refractivity contribution in [3.05, 3.63) is 30.5 Å². The van der Waals surface area contributed by atoms with Gasteiger partial charge in [-0.1, -0.05) is 0 Å². The number of aliphatic carboxylic acids is 1. The van der Waals surface area contributed by atoms with E-state index in [1.165, 1.54) is 12.8 Å². The summed E-state index contributed by atoms with van der Waals surface area (Å²) < 4.78 is 0. The molecule has 1 fully saturated rings. The van der Waals surface area contributed by atoms with E-state index in [1.54, 1.807) is 12.3 Å². The molecule has 6 nitrogen and oxygen atoms in total. The zero-order chi connectivity index (χ0) is 13.7. The Morgan fingerprint density at radius 3 is 2.58 bits per heavy atom. The van der Waals surface area contributed by atoms with E-state index in [4.69, 9.17) is 5.11 Å². The Morgan fingerprint density at radius 2 is 2.00 bits per heavy atom. The quantitative estimate of drug-likeness (QED) is 0.797. The first-order valence-electron chi connectivity index (χ1n) is 6.08. The van der Waals surface area contributed by atoms with E-state index in [1.807, 2.05) is 6.07 Å². The molecule has 0 aromatic carbocycles. The standard InChI is InChI=1S/C13H15N3O3/c17-12(5-6-13(18)19)15-10-3-4-11(14-9-10)16-7-1-2-8-16/h3-6,9H,1-2,7-8H2,(H,15,17)(H,18,19)/b6-5+. The number of carbonyl (C=O) groups is 2. The summed E-state index contributed by atoms with van der Waals surface area (Å²) in [5.41, 5.74) is 0.544. The summed E-state index contributed by atoms with van der Waals surface area (Å²) in [7, 11) is 0. The van der Waals surface area contributed by atoms with E-state index in [9.17, 15) is 9.59 Å². The van der Waals surface area contributed by atoms with Crippen LogP contribution in [0.2, 0.25) is 0 Å². The highest BCUT2D eigenvalue weighted by molar-refractivity contribution is 6.02. The molecule has 1 aromatic rings. The molecular weight excluding hydrogens is 246 g/mol. The van der Waals surface area contributed by atoms with Gasteiger partial charge in [0, 0.05) is 25.2 Å². The van der Waals surface area contributed by atoms with Gasteiger partial charge in [0.2, 0.25) is 5.91 Å². The van der Waals surface area contributed by atoms with Crippen LogP contribution in [-0.4, -0.2) is 35.1 Å². The summed E-state index contributed by atoms with van der Waals surface area (Å²) in [6.45, 7) is 2.03. The number of carboxylic acids is 1.